The van der Waals surface area contributed by atoms with Crippen LogP contribution in [0.25, 0.3) is 0 Å². The number of carbonyl (C=O) groups excluding carboxylic acids is 1. The molecule has 0 spiro atoms. The average Bonchev–Trinajstić information content (AvgIpc) is 3.53. The molecule has 1 saturated carbocycles. The Kier molecular flexibility index (Phi) is 9.77. The fourth-order valence-electron chi connectivity index (χ4n) is 2.58. The van der Waals surface area contributed by atoms with Crippen LogP contribution in [0.3, 0.4) is 0 Å². The first-order valence-electron chi connectivity index (χ1n) is 10.5. The number of esters is 1. The second kappa shape index (κ2) is 12.3. The highest BCUT2D eigenvalue weighted by atomic mass is 16.5. The Morgan fingerprint density at radius 3 is 2.55 bits per heavy atom. The number of aliphatic imine (C=N–C) groups is 1. The van der Waals surface area contributed by atoms with Gasteiger partial charge in [-0.05, 0) is 63.3 Å². The van der Waals surface area contributed by atoms with E-state index in [-0.39, 0.29) is 18.0 Å². The quantitative estimate of drug-likeness (QED) is 0.240. The molecule has 7 heteroatoms. The summed E-state index contributed by atoms with van der Waals surface area (Å²) in [6.07, 6.45) is 3.63. The summed E-state index contributed by atoms with van der Waals surface area (Å²) < 4.78 is 16.1. The van der Waals surface area contributed by atoms with Crippen LogP contribution in [0.5, 0.6) is 5.75 Å². The number of hydrogen-bond donors (Lipinski definition) is 2. The van der Waals surface area contributed by atoms with Gasteiger partial charge in [-0.15, -0.1) is 0 Å². The smallest absolute Gasteiger partial charge is 0.310 e. The molecule has 0 amide bonds. The van der Waals surface area contributed by atoms with Gasteiger partial charge in [-0.3, -0.25) is 9.79 Å². The molecule has 2 N–H and O–H groups in total. The topological polar surface area (TPSA) is 81.2 Å². The summed E-state index contributed by atoms with van der Waals surface area (Å²) in [5.41, 5.74) is 0.892. The first-order chi connectivity index (χ1) is 14.0. The highest BCUT2D eigenvalue weighted by Gasteiger charge is 2.20. The monoisotopic (exact) mass is 405 g/mol. The molecule has 1 aromatic rings. The predicted octanol–water partition coefficient (Wildman–Crippen LogP) is 3.46. The molecule has 1 aromatic carbocycles. The molecule has 0 heterocycles. The Balaban J connectivity index is 1.86. The second-order valence-corrected chi connectivity index (χ2v) is 7.73. The molecule has 29 heavy (non-hydrogen) atoms. The fourth-order valence-corrected chi connectivity index (χ4v) is 2.58. The fraction of sp³-hybridized carbons (Fsp3) is 0.636. The average molecular weight is 406 g/mol. The molecule has 1 aliphatic rings. The first kappa shape index (κ1) is 23.0. The van der Waals surface area contributed by atoms with Crippen LogP contribution in [0.15, 0.2) is 29.3 Å². The van der Waals surface area contributed by atoms with Crippen LogP contribution >= 0.6 is 0 Å². The maximum absolute atomic E-state index is 11.6. The number of ether oxygens (including phenoxy) is 3. The molecule has 0 aliphatic heterocycles. The van der Waals surface area contributed by atoms with Gasteiger partial charge in [0.1, 0.15) is 5.75 Å². The van der Waals surface area contributed by atoms with Crippen molar-refractivity contribution in [2.24, 2.45) is 16.8 Å². The molecule has 0 bridgehead atoms. The van der Waals surface area contributed by atoms with E-state index in [0.29, 0.717) is 12.5 Å². The largest absolute Gasteiger partial charge is 0.491 e. The third kappa shape index (κ3) is 9.65. The van der Waals surface area contributed by atoms with Crippen molar-refractivity contribution >= 4 is 17.6 Å². The SMILES string of the molecule is COC(=O)C(C)CN=C(NCCCOCC1CC1)Nc1ccc(OC(C)C)cc1. The molecule has 1 atom stereocenters. The molecule has 0 radical (unpaired) electrons. The Morgan fingerprint density at radius 2 is 1.93 bits per heavy atom. The maximum atomic E-state index is 11.6. The maximum Gasteiger partial charge on any atom is 0.310 e. The van der Waals surface area contributed by atoms with Crippen molar-refractivity contribution in [3.63, 3.8) is 0 Å². The van der Waals surface area contributed by atoms with E-state index in [0.717, 1.165) is 43.5 Å². The Bertz CT molecular complexity index is 642. The van der Waals surface area contributed by atoms with E-state index in [1.165, 1.54) is 20.0 Å². The lowest BCUT2D eigenvalue weighted by molar-refractivity contribution is -0.144. The molecule has 1 unspecified atom stereocenters. The number of benzene rings is 1. The molecule has 0 saturated heterocycles. The summed E-state index contributed by atoms with van der Waals surface area (Å²) in [5.74, 6) is 1.66. The molecular formula is C22H35N3O4. The summed E-state index contributed by atoms with van der Waals surface area (Å²) in [7, 11) is 1.39. The van der Waals surface area contributed by atoms with Crippen molar-refractivity contribution in [1.82, 2.24) is 5.32 Å². The van der Waals surface area contributed by atoms with E-state index in [1.54, 1.807) is 6.92 Å². The van der Waals surface area contributed by atoms with E-state index in [4.69, 9.17) is 14.2 Å². The summed E-state index contributed by atoms with van der Waals surface area (Å²) in [6.45, 7) is 8.48. The van der Waals surface area contributed by atoms with E-state index in [2.05, 4.69) is 15.6 Å². The number of rotatable bonds is 12. The van der Waals surface area contributed by atoms with E-state index in [9.17, 15) is 4.79 Å². The van der Waals surface area contributed by atoms with Gasteiger partial charge in [0.05, 0.1) is 25.7 Å². The van der Waals surface area contributed by atoms with Crippen molar-refractivity contribution in [1.29, 1.82) is 0 Å². The van der Waals surface area contributed by atoms with Crippen molar-refractivity contribution in [3.8, 4) is 5.75 Å². The van der Waals surface area contributed by atoms with Gasteiger partial charge in [-0.2, -0.15) is 0 Å². The van der Waals surface area contributed by atoms with Crippen LogP contribution in [0.2, 0.25) is 0 Å². The lowest BCUT2D eigenvalue weighted by Gasteiger charge is -2.15. The molecular weight excluding hydrogens is 370 g/mol. The van der Waals surface area contributed by atoms with Crippen molar-refractivity contribution < 1.29 is 19.0 Å². The van der Waals surface area contributed by atoms with Crippen LogP contribution in [0, 0.1) is 11.8 Å². The number of carbonyl (C=O) groups is 1. The molecule has 1 fully saturated rings. The Labute approximate surface area is 174 Å². The Morgan fingerprint density at radius 1 is 1.21 bits per heavy atom. The third-order valence-corrected chi connectivity index (χ3v) is 4.42. The molecule has 162 valence electrons. The number of hydrogen-bond acceptors (Lipinski definition) is 5. The first-order valence-corrected chi connectivity index (χ1v) is 10.5. The van der Waals surface area contributed by atoms with Crippen LogP contribution in [0.1, 0.15) is 40.0 Å². The molecule has 2 rings (SSSR count). The van der Waals surface area contributed by atoms with E-state index in [1.807, 2.05) is 38.1 Å². The minimum atomic E-state index is -0.303. The zero-order valence-corrected chi connectivity index (χ0v) is 18.1. The van der Waals surface area contributed by atoms with Gasteiger partial charge in [0.25, 0.3) is 0 Å². The predicted molar refractivity (Wildman–Crippen MR) is 115 cm³/mol. The standard InChI is InChI=1S/C22H35N3O4/c1-16(2)29-20-10-8-19(9-11-20)25-22(24-14-17(3)21(26)27-4)23-12-5-13-28-15-18-6-7-18/h8-11,16-18H,5-7,12-15H2,1-4H3,(H2,23,24,25). The number of guanidine groups is 1. The normalized spacial score (nSPS) is 15.1. The van der Waals surface area contributed by atoms with Crippen LogP contribution in [-0.4, -0.2) is 51.4 Å². The van der Waals surface area contributed by atoms with Crippen LogP contribution in [0.4, 0.5) is 5.69 Å². The van der Waals surface area contributed by atoms with Gasteiger partial charge in [-0.25, -0.2) is 0 Å². The second-order valence-electron chi connectivity index (χ2n) is 7.73. The van der Waals surface area contributed by atoms with Gasteiger partial charge in [-0.1, -0.05) is 6.92 Å². The van der Waals surface area contributed by atoms with Crippen molar-refractivity contribution in [3.05, 3.63) is 24.3 Å². The van der Waals surface area contributed by atoms with Crippen molar-refractivity contribution in [2.75, 3.05) is 38.7 Å². The minimum Gasteiger partial charge on any atom is -0.491 e. The van der Waals surface area contributed by atoms with E-state index < -0.39 is 0 Å². The lowest BCUT2D eigenvalue weighted by Crippen LogP contribution is -2.33. The highest BCUT2D eigenvalue weighted by molar-refractivity contribution is 5.93. The third-order valence-electron chi connectivity index (χ3n) is 4.42. The van der Waals surface area contributed by atoms with Gasteiger partial charge < -0.3 is 24.8 Å². The van der Waals surface area contributed by atoms with Gasteiger partial charge in [0.15, 0.2) is 5.96 Å². The van der Waals surface area contributed by atoms with Gasteiger partial charge in [0, 0.05) is 25.4 Å². The van der Waals surface area contributed by atoms with Crippen LogP contribution in [-0.2, 0) is 14.3 Å². The summed E-state index contributed by atoms with van der Waals surface area (Å²) in [4.78, 5) is 16.2. The molecule has 0 aromatic heterocycles. The zero-order chi connectivity index (χ0) is 21.1. The lowest BCUT2D eigenvalue weighted by atomic mass is 10.2. The highest BCUT2D eigenvalue weighted by Crippen LogP contribution is 2.28. The summed E-state index contributed by atoms with van der Waals surface area (Å²) in [5, 5.41) is 6.59. The van der Waals surface area contributed by atoms with E-state index >= 15 is 0 Å². The molecule has 1 aliphatic carbocycles. The number of nitrogens with zero attached hydrogens (tertiary/aromatic N) is 1. The number of anilines is 1. The van der Waals surface area contributed by atoms with Crippen LogP contribution < -0.4 is 15.4 Å². The number of nitrogens with one attached hydrogen (secondary N) is 2. The summed E-state index contributed by atoms with van der Waals surface area (Å²) >= 11 is 0. The number of methoxy groups -OCH3 is 1. The Hall–Kier alpha value is -2.28. The van der Waals surface area contributed by atoms with Gasteiger partial charge in [0.2, 0.25) is 0 Å². The minimum absolute atomic E-state index is 0.134. The molecule has 7 nitrogen and oxygen atoms in total. The zero-order valence-electron chi connectivity index (χ0n) is 18.1. The van der Waals surface area contributed by atoms with Crippen molar-refractivity contribution in [2.45, 2.75) is 46.1 Å². The van der Waals surface area contributed by atoms with Gasteiger partial charge >= 0.3 is 5.97 Å². The summed E-state index contributed by atoms with van der Waals surface area (Å²) in [6, 6.07) is 7.72.